The number of unbranched alkanes of at least 4 members (excludes halogenated alkanes) is 11. The maximum Gasteiger partial charge on any atom is 0.472 e. The van der Waals surface area contributed by atoms with Crippen LogP contribution in [0.3, 0.4) is 0 Å². The summed E-state index contributed by atoms with van der Waals surface area (Å²) in [6.07, 6.45) is 83.0. The van der Waals surface area contributed by atoms with Crippen molar-refractivity contribution in [3.05, 3.63) is 158 Å². The lowest BCUT2D eigenvalue weighted by Crippen LogP contribution is -2.37. The Balaban J connectivity index is 4.32. The molecule has 0 saturated heterocycles. The van der Waals surface area contributed by atoms with Crippen LogP contribution < -0.4 is 0 Å². The molecular weight excluding hydrogens is 966 g/mol. The van der Waals surface area contributed by atoms with Crippen molar-refractivity contribution in [1.29, 1.82) is 0 Å². The molecule has 428 valence electrons. The summed E-state index contributed by atoms with van der Waals surface area (Å²) in [7, 11) is 1.43. The first-order chi connectivity index (χ1) is 37.0. The second-order valence-corrected chi connectivity index (χ2v) is 21.4. The summed E-state index contributed by atoms with van der Waals surface area (Å²) in [5.41, 5.74) is 0. The lowest BCUT2D eigenvalue weighted by molar-refractivity contribution is -0.870. The molecule has 2 unspecified atom stereocenters. The van der Waals surface area contributed by atoms with Crippen molar-refractivity contribution in [3.8, 4) is 0 Å². The third-order valence-electron chi connectivity index (χ3n) is 11.6. The Morgan fingerprint density at radius 2 is 0.711 bits per heavy atom. The Hall–Kier alpha value is -4.37. The lowest BCUT2D eigenvalue weighted by atomic mass is 10.1. The van der Waals surface area contributed by atoms with E-state index in [4.69, 9.17) is 18.5 Å². The molecule has 9 nitrogen and oxygen atoms in total. The largest absolute Gasteiger partial charge is 0.472 e. The van der Waals surface area contributed by atoms with Gasteiger partial charge in [0.2, 0.25) is 0 Å². The van der Waals surface area contributed by atoms with E-state index in [-0.39, 0.29) is 26.1 Å². The standard InChI is InChI=1S/C66H106NO8P/c1-6-8-10-12-14-16-18-20-22-24-26-28-30-32-33-35-37-39-41-43-45-47-49-51-53-55-57-59-66(69)75-64(63-74-76(70,71)73-61-60-67(3,4)5)62-72-65(68)58-56-54-52-50-48-46-44-42-40-38-36-34-31-29-27-25-23-21-19-17-15-13-11-9-7-2/h8-11,14-17,20-23,26-29,32-34,36-37,39-40,42-43,45,64H,6-7,12-13,18-19,24-25,30-31,35,38,41,44,46-63H2,1-5H3/p+1/b10-8-,11-9-,16-14-,17-15-,22-20-,23-21-,28-26-,29-27-,33-32-,36-34-,39-37-,42-40-,45-43-. The summed E-state index contributed by atoms with van der Waals surface area (Å²) in [6, 6.07) is 0. The number of ether oxygens (including phenoxy) is 2. The highest BCUT2D eigenvalue weighted by Crippen LogP contribution is 2.43. The number of carbonyl (C=O) groups excluding carboxylic acids is 2. The fraction of sp³-hybridized carbons (Fsp3) is 0.576. The zero-order valence-corrected chi connectivity index (χ0v) is 49.3. The number of quaternary nitrogens is 1. The van der Waals surface area contributed by atoms with E-state index in [9.17, 15) is 19.0 Å². The fourth-order valence-electron chi connectivity index (χ4n) is 7.11. The first kappa shape index (κ1) is 71.6. The van der Waals surface area contributed by atoms with Crippen molar-refractivity contribution in [1.82, 2.24) is 0 Å². The number of likely N-dealkylation sites (N-methyl/N-ethyl adjacent to an activating group) is 1. The normalized spacial score (nSPS) is 14.4. The highest BCUT2D eigenvalue weighted by atomic mass is 31.2. The minimum absolute atomic E-state index is 0.0147. The number of phosphoric ester groups is 1. The SMILES string of the molecule is CC/C=C\C/C=C\C/C=C\C/C=C\C/C=C\C/C=C\C/C=C\CCCCCCCC(=O)OC(COC(=O)CCCCCCCC/C=C\C/C=C\C/C=C\C/C=C\C/C=C\C/C=C\CC)COP(=O)(O)OCC[N+](C)(C)C. The van der Waals surface area contributed by atoms with E-state index < -0.39 is 32.5 Å². The Morgan fingerprint density at radius 1 is 0.408 bits per heavy atom. The minimum Gasteiger partial charge on any atom is -0.462 e. The van der Waals surface area contributed by atoms with Crippen LogP contribution in [0.5, 0.6) is 0 Å². The second-order valence-electron chi connectivity index (χ2n) is 19.9. The fourth-order valence-corrected chi connectivity index (χ4v) is 7.86. The number of allylic oxidation sites excluding steroid dienone is 26. The highest BCUT2D eigenvalue weighted by molar-refractivity contribution is 7.47. The van der Waals surface area contributed by atoms with Gasteiger partial charge in [0, 0.05) is 12.8 Å². The van der Waals surface area contributed by atoms with Crippen LogP contribution in [0, 0.1) is 0 Å². The van der Waals surface area contributed by atoms with Gasteiger partial charge in [-0.15, -0.1) is 0 Å². The van der Waals surface area contributed by atoms with Gasteiger partial charge in [0.15, 0.2) is 6.10 Å². The Morgan fingerprint density at radius 3 is 1.05 bits per heavy atom. The molecule has 0 bridgehead atoms. The smallest absolute Gasteiger partial charge is 0.462 e. The van der Waals surface area contributed by atoms with Gasteiger partial charge in [-0.3, -0.25) is 18.6 Å². The summed E-state index contributed by atoms with van der Waals surface area (Å²) < 4.78 is 34.5. The molecule has 1 N–H and O–H groups in total. The minimum atomic E-state index is -4.41. The van der Waals surface area contributed by atoms with Crippen LogP contribution in [0.4, 0.5) is 0 Å². The van der Waals surface area contributed by atoms with Gasteiger partial charge >= 0.3 is 19.8 Å². The predicted octanol–water partition coefficient (Wildman–Crippen LogP) is 18.5. The van der Waals surface area contributed by atoms with Crippen LogP contribution in [0.1, 0.15) is 194 Å². The van der Waals surface area contributed by atoms with Gasteiger partial charge in [-0.2, -0.15) is 0 Å². The van der Waals surface area contributed by atoms with Gasteiger partial charge in [-0.1, -0.05) is 217 Å². The monoisotopic (exact) mass is 1070 g/mol. The van der Waals surface area contributed by atoms with Crippen molar-refractivity contribution < 1.29 is 42.1 Å². The van der Waals surface area contributed by atoms with Gasteiger partial charge in [0.05, 0.1) is 27.7 Å². The summed E-state index contributed by atoms with van der Waals surface area (Å²) >= 11 is 0. The van der Waals surface area contributed by atoms with Gasteiger partial charge in [-0.05, 0) is 122 Å². The molecule has 2 atom stereocenters. The molecule has 0 heterocycles. The zero-order chi connectivity index (χ0) is 55.6. The average Bonchev–Trinajstić information content (AvgIpc) is 3.38. The zero-order valence-electron chi connectivity index (χ0n) is 48.4. The first-order valence-corrected chi connectivity index (χ1v) is 30.7. The van der Waals surface area contributed by atoms with Crippen molar-refractivity contribution in [2.24, 2.45) is 0 Å². The van der Waals surface area contributed by atoms with Crippen LogP contribution in [0.25, 0.3) is 0 Å². The number of rotatable bonds is 51. The van der Waals surface area contributed by atoms with E-state index in [0.29, 0.717) is 23.9 Å². The Bertz CT molecular complexity index is 1840. The van der Waals surface area contributed by atoms with Gasteiger partial charge < -0.3 is 18.9 Å². The molecule has 0 aromatic heterocycles. The number of esters is 2. The second kappa shape index (κ2) is 55.4. The summed E-state index contributed by atoms with van der Waals surface area (Å²) in [4.78, 5) is 35.7. The maximum absolute atomic E-state index is 12.8. The van der Waals surface area contributed by atoms with Crippen LogP contribution >= 0.6 is 7.82 Å². The van der Waals surface area contributed by atoms with Crippen LogP contribution in [-0.4, -0.2) is 74.9 Å². The molecule has 0 aliphatic heterocycles. The van der Waals surface area contributed by atoms with Crippen molar-refractivity contribution >= 4 is 19.8 Å². The molecule has 0 aliphatic rings. The molecule has 0 radical (unpaired) electrons. The summed E-state index contributed by atoms with van der Waals surface area (Å²) in [5.74, 6) is -0.852. The summed E-state index contributed by atoms with van der Waals surface area (Å²) in [5, 5.41) is 0. The Kier molecular flexibility index (Phi) is 52.2. The quantitative estimate of drug-likeness (QED) is 0.0211. The number of nitrogens with zero attached hydrogens (tertiary/aromatic N) is 1. The van der Waals surface area contributed by atoms with E-state index in [1.807, 2.05) is 21.1 Å². The van der Waals surface area contributed by atoms with Crippen molar-refractivity contribution in [3.63, 3.8) is 0 Å². The Labute approximate surface area is 465 Å². The first-order valence-electron chi connectivity index (χ1n) is 29.2. The molecule has 0 aromatic carbocycles. The molecular formula is C66H107NO8P+. The molecule has 0 aliphatic carbocycles. The number of phosphoric acid groups is 1. The molecule has 0 aromatic rings. The van der Waals surface area contributed by atoms with Gasteiger partial charge in [-0.25, -0.2) is 4.57 Å². The van der Waals surface area contributed by atoms with Crippen molar-refractivity contribution in [2.75, 3.05) is 47.5 Å². The predicted molar refractivity (Wildman–Crippen MR) is 325 cm³/mol. The topological polar surface area (TPSA) is 108 Å². The van der Waals surface area contributed by atoms with Crippen LogP contribution in [-0.2, 0) is 32.7 Å². The van der Waals surface area contributed by atoms with E-state index in [0.717, 1.165) is 154 Å². The summed E-state index contributed by atoms with van der Waals surface area (Å²) in [6.45, 7) is 4.13. The highest BCUT2D eigenvalue weighted by Gasteiger charge is 2.27. The molecule has 0 saturated carbocycles. The maximum atomic E-state index is 12.8. The molecule has 0 spiro atoms. The number of hydrogen-bond donors (Lipinski definition) is 1. The van der Waals surface area contributed by atoms with E-state index >= 15 is 0 Å². The third-order valence-corrected chi connectivity index (χ3v) is 12.5. The van der Waals surface area contributed by atoms with Crippen LogP contribution in [0.2, 0.25) is 0 Å². The lowest BCUT2D eigenvalue weighted by Gasteiger charge is -2.24. The van der Waals surface area contributed by atoms with E-state index in [1.54, 1.807) is 0 Å². The molecule has 0 rings (SSSR count). The van der Waals surface area contributed by atoms with Crippen molar-refractivity contribution in [2.45, 2.75) is 200 Å². The average molecular weight is 1070 g/mol. The van der Waals surface area contributed by atoms with Gasteiger partial charge in [0.25, 0.3) is 0 Å². The van der Waals surface area contributed by atoms with Crippen LogP contribution in [0.15, 0.2) is 158 Å². The molecule has 0 fully saturated rings. The molecule has 0 amide bonds. The molecule has 76 heavy (non-hydrogen) atoms. The number of hydrogen-bond acceptors (Lipinski definition) is 7. The number of carbonyl (C=O) groups is 2. The third kappa shape index (κ3) is 58.9. The molecule has 10 heteroatoms. The van der Waals surface area contributed by atoms with Gasteiger partial charge in [0.1, 0.15) is 19.8 Å². The van der Waals surface area contributed by atoms with E-state index in [2.05, 4.69) is 172 Å². The van der Waals surface area contributed by atoms with E-state index in [1.165, 1.54) is 0 Å².